The molecule has 0 amide bonds. The summed E-state index contributed by atoms with van der Waals surface area (Å²) in [6.07, 6.45) is 0. The number of carbonyl (C=O) groups is 2. The van der Waals surface area contributed by atoms with Crippen LogP contribution in [0.3, 0.4) is 0 Å². The highest BCUT2D eigenvalue weighted by atomic mass is 127. The normalized spacial score (nSPS) is 11.0. The first-order valence-electron chi connectivity index (χ1n) is 8.20. The van der Waals surface area contributed by atoms with Crippen molar-refractivity contribution in [1.29, 1.82) is 0 Å². The van der Waals surface area contributed by atoms with E-state index >= 15 is 0 Å². The minimum atomic E-state index is -4.70. The molecule has 0 heterocycles. The van der Waals surface area contributed by atoms with Crippen molar-refractivity contribution >= 4 is 95.5 Å². The van der Waals surface area contributed by atoms with E-state index in [2.05, 4.69) is 22.6 Å². The molecule has 0 aliphatic carbocycles. The molecule has 172 valence electrons. The zero-order valence-electron chi connectivity index (χ0n) is 15.8. The van der Waals surface area contributed by atoms with Crippen molar-refractivity contribution in [1.82, 2.24) is 0 Å². The second-order valence-corrected chi connectivity index (χ2v) is 10.6. The van der Waals surface area contributed by atoms with Gasteiger partial charge >= 0.3 is 11.9 Å². The fraction of sp³-hybridized carbons (Fsp3) is 0.176. The molecule has 0 unspecified atom stereocenters. The van der Waals surface area contributed by atoms with Crippen LogP contribution in [0, 0.1) is 20.8 Å². The quantitative estimate of drug-likeness (QED) is 0.104. The monoisotopic (exact) mass is 803 g/mol. The molecule has 15 heteroatoms. The lowest BCUT2D eigenvalue weighted by atomic mass is 10.2. The van der Waals surface area contributed by atoms with Crippen molar-refractivity contribution in [2.45, 2.75) is 4.90 Å². The van der Waals surface area contributed by atoms with Crippen LogP contribution in [0.4, 0.5) is 5.69 Å². The third-order valence-electron chi connectivity index (χ3n) is 3.77. The van der Waals surface area contributed by atoms with Gasteiger partial charge in [-0.05, 0) is 86.0 Å². The number of nitro benzene ring substituents is 1. The summed E-state index contributed by atoms with van der Waals surface area (Å²) in [6.45, 7) is -0.738. The fourth-order valence-electron chi connectivity index (χ4n) is 2.36. The van der Waals surface area contributed by atoms with Crippen molar-refractivity contribution < 1.29 is 41.7 Å². The van der Waals surface area contributed by atoms with Gasteiger partial charge < -0.3 is 14.2 Å². The number of nitro groups is 1. The van der Waals surface area contributed by atoms with Crippen LogP contribution >= 0.6 is 67.8 Å². The first-order chi connectivity index (χ1) is 14.9. The van der Waals surface area contributed by atoms with Gasteiger partial charge in [0.15, 0.2) is 0 Å². The smallest absolute Gasteiger partial charge is 0.345 e. The van der Waals surface area contributed by atoms with E-state index in [0.29, 0.717) is 19.0 Å². The lowest BCUT2D eigenvalue weighted by Gasteiger charge is -2.13. The van der Waals surface area contributed by atoms with E-state index in [1.807, 2.05) is 45.2 Å². The Labute approximate surface area is 222 Å². The highest BCUT2D eigenvalue weighted by Crippen LogP contribution is 2.33. The Balaban J connectivity index is 2.07. The van der Waals surface area contributed by atoms with Crippen LogP contribution in [0.25, 0.3) is 0 Å². The number of benzene rings is 2. The Bertz CT molecular complexity index is 1200. The molecule has 0 aromatic heterocycles. The third-order valence-corrected chi connectivity index (χ3v) is 7.30. The fourth-order valence-corrected chi connectivity index (χ4v) is 7.11. The topological polar surface area (TPSA) is 159 Å². The van der Waals surface area contributed by atoms with Gasteiger partial charge in [0, 0.05) is 9.64 Å². The highest BCUT2D eigenvalue weighted by molar-refractivity contribution is 14.1. The SMILES string of the molecule is COc1c(I)cc(I)c(C(=O)OCCOC(=O)c2ccc(S(=O)(=O)O)cc2[N+](=O)[O-])c1I. The molecule has 2 aromatic rings. The molecule has 32 heavy (non-hydrogen) atoms. The molecule has 0 spiro atoms. The van der Waals surface area contributed by atoms with Gasteiger partial charge in [0.05, 0.1) is 24.7 Å². The molecule has 0 fully saturated rings. The van der Waals surface area contributed by atoms with Gasteiger partial charge in [0.2, 0.25) is 0 Å². The van der Waals surface area contributed by atoms with Crippen LogP contribution in [0.5, 0.6) is 5.75 Å². The summed E-state index contributed by atoms with van der Waals surface area (Å²) in [4.78, 5) is 34.1. The Morgan fingerprint density at radius 1 is 1.06 bits per heavy atom. The number of esters is 2. The average Bonchev–Trinajstić information content (AvgIpc) is 2.69. The van der Waals surface area contributed by atoms with Crippen LogP contribution in [0.1, 0.15) is 20.7 Å². The Hall–Kier alpha value is -1.32. The van der Waals surface area contributed by atoms with Crippen molar-refractivity contribution in [2.24, 2.45) is 0 Å². The Morgan fingerprint density at radius 2 is 1.66 bits per heavy atom. The first kappa shape index (κ1) is 26.9. The number of ether oxygens (including phenoxy) is 3. The van der Waals surface area contributed by atoms with Crippen LogP contribution in [-0.2, 0) is 19.6 Å². The van der Waals surface area contributed by atoms with Gasteiger partial charge in [-0.1, -0.05) is 0 Å². The summed E-state index contributed by atoms with van der Waals surface area (Å²) in [5.74, 6) is -1.28. The molecule has 0 atom stereocenters. The van der Waals surface area contributed by atoms with Crippen molar-refractivity contribution in [2.75, 3.05) is 20.3 Å². The molecular weight excluding hydrogens is 791 g/mol. The zero-order chi connectivity index (χ0) is 24.2. The summed E-state index contributed by atoms with van der Waals surface area (Å²) in [5.41, 5.74) is -1.11. The molecule has 1 N–H and O–H groups in total. The van der Waals surface area contributed by atoms with Gasteiger partial charge in [-0.3, -0.25) is 14.7 Å². The molecule has 0 aliphatic rings. The Kier molecular flexibility index (Phi) is 9.43. The van der Waals surface area contributed by atoms with Gasteiger partial charge in [-0.2, -0.15) is 8.42 Å². The van der Waals surface area contributed by atoms with Gasteiger partial charge in [-0.15, -0.1) is 0 Å². The number of hydrogen-bond acceptors (Lipinski definition) is 9. The second kappa shape index (κ2) is 11.2. The minimum absolute atomic E-state index is 0.284. The predicted molar refractivity (Wildman–Crippen MR) is 135 cm³/mol. The third kappa shape index (κ3) is 6.38. The van der Waals surface area contributed by atoms with Crippen LogP contribution in [-0.4, -0.2) is 50.2 Å². The number of nitrogens with zero attached hydrogens (tertiary/aromatic N) is 1. The van der Waals surface area contributed by atoms with Crippen molar-refractivity contribution in [3.05, 3.63) is 56.2 Å². The zero-order valence-corrected chi connectivity index (χ0v) is 23.1. The van der Waals surface area contributed by atoms with E-state index in [4.69, 9.17) is 18.8 Å². The average molecular weight is 803 g/mol. The van der Waals surface area contributed by atoms with Gasteiger partial charge in [0.1, 0.15) is 29.4 Å². The molecule has 0 saturated heterocycles. The van der Waals surface area contributed by atoms with E-state index < -0.39 is 49.7 Å². The molecule has 0 aliphatic heterocycles. The van der Waals surface area contributed by atoms with Crippen LogP contribution < -0.4 is 4.74 Å². The molecular formula is C17H12I3NO10S. The number of rotatable bonds is 8. The molecule has 0 radical (unpaired) electrons. The van der Waals surface area contributed by atoms with E-state index in [0.717, 1.165) is 15.7 Å². The minimum Gasteiger partial charge on any atom is -0.495 e. The number of halogens is 3. The van der Waals surface area contributed by atoms with Crippen molar-refractivity contribution in [3.63, 3.8) is 0 Å². The second-order valence-electron chi connectivity index (χ2n) is 5.75. The maximum absolute atomic E-state index is 12.5. The molecule has 11 nitrogen and oxygen atoms in total. The maximum Gasteiger partial charge on any atom is 0.345 e. The molecule has 0 bridgehead atoms. The maximum atomic E-state index is 12.5. The lowest BCUT2D eigenvalue weighted by molar-refractivity contribution is -0.385. The van der Waals surface area contributed by atoms with E-state index in [-0.39, 0.29) is 12.2 Å². The summed E-state index contributed by atoms with van der Waals surface area (Å²) in [7, 11) is -3.22. The highest BCUT2D eigenvalue weighted by Gasteiger charge is 2.25. The van der Waals surface area contributed by atoms with Crippen LogP contribution in [0.15, 0.2) is 29.2 Å². The Morgan fingerprint density at radius 3 is 2.19 bits per heavy atom. The standard InChI is InChI=1S/C17H12I3NO10S/c1-29-15-11(19)7-10(18)13(14(15)20)17(23)31-5-4-30-16(22)9-3-2-8(32(26,27)28)6-12(9)21(24)25/h2-3,6-7H,4-5H2,1H3,(H,26,27,28). The molecule has 0 saturated carbocycles. The summed E-state index contributed by atoms with van der Waals surface area (Å²) >= 11 is 6.01. The lowest BCUT2D eigenvalue weighted by Crippen LogP contribution is -2.17. The van der Waals surface area contributed by atoms with Crippen molar-refractivity contribution in [3.8, 4) is 5.75 Å². The summed E-state index contributed by atoms with van der Waals surface area (Å²) < 4.78 is 48.6. The van der Waals surface area contributed by atoms with E-state index in [1.165, 1.54) is 7.11 Å². The molecule has 2 rings (SSSR count). The summed E-state index contributed by atoms with van der Waals surface area (Å²) in [6, 6.07) is 3.96. The predicted octanol–water partition coefficient (Wildman–Crippen LogP) is 3.68. The number of carbonyl (C=O) groups excluding carboxylic acids is 2. The number of hydrogen-bond donors (Lipinski definition) is 1. The van der Waals surface area contributed by atoms with E-state index in [9.17, 15) is 28.1 Å². The number of methoxy groups -OCH3 is 1. The first-order valence-corrected chi connectivity index (χ1v) is 12.9. The van der Waals surface area contributed by atoms with Gasteiger partial charge in [-0.25, -0.2) is 9.59 Å². The molecule has 2 aromatic carbocycles. The van der Waals surface area contributed by atoms with Crippen LogP contribution in [0.2, 0.25) is 0 Å². The largest absolute Gasteiger partial charge is 0.495 e. The summed E-state index contributed by atoms with van der Waals surface area (Å²) in [5, 5.41) is 11.2. The van der Waals surface area contributed by atoms with E-state index in [1.54, 1.807) is 6.07 Å². The van der Waals surface area contributed by atoms with Gasteiger partial charge in [0.25, 0.3) is 15.8 Å².